The first-order valence-electron chi connectivity index (χ1n) is 5.58. The third-order valence-corrected chi connectivity index (χ3v) is 6.41. The molecule has 108 valence electrons. The number of hydrogen-bond acceptors (Lipinski definition) is 3. The smallest absolute Gasteiger partial charge is 0.244 e. The van der Waals surface area contributed by atoms with Crippen molar-refractivity contribution in [3.63, 3.8) is 0 Å². The molecule has 0 amide bonds. The molecule has 1 aromatic carbocycles. The van der Waals surface area contributed by atoms with Gasteiger partial charge in [0.2, 0.25) is 10.0 Å². The summed E-state index contributed by atoms with van der Waals surface area (Å²) in [6, 6.07) is 5.15. The van der Waals surface area contributed by atoms with Gasteiger partial charge in [-0.1, -0.05) is 17.7 Å². The fraction of sp³-hybridized carbons (Fsp3) is 0.455. The molecule has 1 aliphatic heterocycles. The minimum atomic E-state index is -3.50. The van der Waals surface area contributed by atoms with E-state index in [1.807, 2.05) is 7.05 Å². The number of nitrogens with zero attached hydrogens (tertiary/aromatic N) is 1. The van der Waals surface area contributed by atoms with Crippen LogP contribution in [0.5, 0.6) is 0 Å². The van der Waals surface area contributed by atoms with E-state index in [4.69, 9.17) is 11.6 Å². The molecule has 2 rings (SSSR count). The zero-order valence-electron chi connectivity index (χ0n) is 10.3. The molecule has 1 unspecified atom stereocenters. The Morgan fingerprint density at radius 2 is 2.16 bits per heavy atom. The molecule has 1 fully saturated rings. The predicted octanol–water partition coefficient (Wildman–Crippen LogP) is 2.51. The van der Waals surface area contributed by atoms with Crippen LogP contribution in [0.15, 0.2) is 27.6 Å². The van der Waals surface area contributed by atoms with Crippen molar-refractivity contribution >= 4 is 50.0 Å². The third kappa shape index (κ3) is 3.43. The Labute approximate surface area is 133 Å². The highest BCUT2D eigenvalue weighted by molar-refractivity contribution is 9.10. The molecule has 0 bridgehead atoms. The maximum absolute atomic E-state index is 12.5. The van der Waals surface area contributed by atoms with Crippen molar-refractivity contribution in [1.82, 2.24) is 9.62 Å². The van der Waals surface area contributed by atoms with Crippen LogP contribution in [0.1, 0.15) is 6.42 Å². The van der Waals surface area contributed by atoms with Gasteiger partial charge in [-0.15, -0.1) is 12.4 Å². The molecule has 19 heavy (non-hydrogen) atoms. The lowest BCUT2D eigenvalue weighted by molar-refractivity contribution is 0.464. The Bertz CT molecular complexity index is 554. The lowest BCUT2D eigenvalue weighted by atomic mass is 10.3. The normalized spacial score (nSPS) is 20.3. The van der Waals surface area contributed by atoms with Gasteiger partial charge >= 0.3 is 0 Å². The number of halogens is 3. The second kappa shape index (κ2) is 6.74. The van der Waals surface area contributed by atoms with E-state index in [1.165, 1.54) is 10.4 Å². The van der Waals surface area contributed by atoms with Gasteiger partial charge in [-0.3, -0.25) is 0 Å². The summed E-state index contributed by atoms with van der Waals surface area (Å²) in [7, 11) is -1.66. The number of sulfonamides is 1. The Morgan fingerprint density at radius 3 is 2.74 bits per heavy atom. The standard InChI is InChI=1S/C11H14BrClN2O2S.ClH/c1-14-8-5-6-15(7-8)18(16,17)10-4-2-3-9(12)11(10)13;/h2-4,8,14H,5-7H2,1H3;1H. The highest BCUT2D eigenvalue weighted by atomic mass is 79.9. The quantitative estimate of drug-likeness (QED) is 0.863. The highest BCUT2D eigenvalue weighted by Crippen LogP contribution is 2.32. The highest BCUT2D eigenvalue weighted by Gasteiger charge is 2.33. The molecule has 0 radical (unpaired) electrons. The average Bonchev–Trinajstić information content (AvgIpc) is 2.81. The first-order valence-corrected chi connectivity index (χ1v) is 8.19. The summed E-state index contributed by atoms with van der Waals surface area (Å²) in [5.74, 6) is 0. The second-order valence-corrected chi connectivity index (χ2v) is 7.33. The number of likely N-dealkylation sites (N-methyl/N-ethyl adjacent to an activating group) is 1. The lowest BCUT2D eigenvalue weighted by Gasteiger charge is -2.17. The monoisotopic (exact) mass is 388 g/mol. The minimum Gasteiger partial charge on any atom is -0.316 e. The lowest BCUT2D eigenvalue weighted by Crippen LogP contribution is -2.33. The predicted molar refractivity (Wildman–Crippen MR) is 82.6 cm³/mol. The fourth-order valence-electron chi connectivity index (χ4n) is 2.00. The van der Waals surface area contributed by atoms with Gasteiger partial charge in [0.25, 0.3) is 0 Å². The van der Waals surface area contributed by atoms with Crippen LogP contribution in [0.25, 0.3) is 0 Å². The molecular weight excluding hydrogens is 375 g/mol. The first kappa shape index (κ1) is 17.2. The maximum Gasteiger partial charge on any atom is 0.244 e. The molecule has 1 aliphatic rings. The average molecular weight is 390 g/mol. The van der Waals surface area contributed by atoms with Crippen LogP contribution in [-0.4, -0.2) is 38.9 Å². The number of hydrogen-bond donors (Lipinski definition) is 1. The summed E-state index contributed by atoms with van der Waals surface area (Å²) in [5, 5.41) is 3.34. The third-order valence-electron chi connectivity index (χ3n) is 3.09. The van der Waals surface area contributed by atoms with Crippen LogP contribution in [0, 0.1) is 0 Å². The first-order chi connectivity index (χ1) is 8.46. The van der Waals surface area contributed by atoms with Gasteiger partial charge in [0.15, 0.2) is 0 Å². The molecule has 8 heteroatoms. The Hall–Kier alpha value is 0.150. The molecule has 1 aromatic rings. The maximum atomic E-state index is 12.5. The van der Waals surface area contributed by atoms with E-state index in [1.54, 1.807) is 12.1 Å². The Balaban J connectivity index is 0.00000180. The van der Waals surface area contributed by atoms with Crippen LogP contribution in [0.2, 0.25) is 5.02 Å². The SMILES string of the molecule is CNC1CCN(S(=O)(=O)c2cccc(Br)c2Cl)C1.Cl. The van der Waals surface area contributed by atoms with Gasteiger partial charge < -0.3 is 5.32 Å². The van der Waals surface area contributed by atoms with Gasteiger partial charge in [0.1, 0.15) is 4.90 Å². The van der Waals surface area contributed by atoms with Crippen LogP contribution in [0.4, 0.5) is 0 Å². The van der Waals surface area contributed by atoms with E-state index < -0.39 is 10.0 Å². The minimum absolute atomic E-state index is 0. The van der Waals surface area contributed by atoms with Gasteiger partial charge in [-0.2, -0.15) is 4.31 Å². The largest absolute Gasteiger partial charge is 0.316 e. The molecule has 1 N–H and O–H groups in total. The van der Waals surface area contributed by atoms with Crippen molar-refractivity contribution in [3.8, 4) is 0 Å². The van der Waals surface area contributed by atoms with E-state index >= 15 is 0 Å². The molecule has 0 aromatic heterocycles. The summed E-state index contributed by atoms with van der Waals surface area (Å²) in [4.78, 5) is 0.162. The summed E-state index contributed by atoms with van der Waals surface area (Å²) in [5.41, 5.74) is 0. The van der Waals surface area contributed by atoms with Crippen molar-refractivity contribution < 1.29 is 8.42 Å². The number of rotatable bonds is 3. The van der Waals surface area contributed by atoms with Crippen molar-refractivity contribution in [1.29, 1.82) is 0 Å². The van der Waals surface area contributed by atoms with Crippen molar-refractivity contribution in [3.05, 3.63) is 27.7 Å². The molecule has 1 heterocycles. The van der Waals surface area contributed by atoms with E-state index in [0.717, 1.165) is 6.42 Å². The molecule has 4 nitrogen and oxygen atoms in total. The zero-order valence-corrected chi connectivity index (χ0v) is 14.2. The van der Waals surface area contributed by atoms with Crippen molar-refractivity contribution in [2.24, 2.45) is 0 Å². The van der Waals surface area contributed by atoms with Crippen LogP contribution < -0.4 is 5.32 Å². The fourth-order valence-corrected chi connectivity index (χ4v) is 4.51. The summed E-state index contributed by atoms with van der Waals surface area (Å²) >= 11 is 9.30. The van der Waals surface area contributed by atoms with Gasteiger partial charge in [0, 0.05) is 23.6 Å². The number of nitrogens with one attached hydrogen (secondary N) is 1. The second-order valence-electron chi connectivity index (χ2n) is 4.19. The Kier molecular flexibility index (Phi) is 6.10. The molecule has 0 spiro atoms. The van der Waals surface area contributed by atoms with Crippen molar-refractivity contribution in [2.45, 2.75) is 17.4 Å². The molecule has 1 atom stereocenters. The van der Waals surface area contributed by atoms with Gasteiger partial charge in [-0.25, -0.2) is 8.42 Å². The van der Waals surface area contributed by atoms with Crippen LogP contribution >= 0.6 is 39.9 Å². The van der Waals surface area contributed by atoms with Gasteiger partial charge in [-0.05, 0) is 41.5 Å². The van der Waals surface area contributed by atoms with Gasteiger partial charge in [0.05, 0.1) is 5.02 Å². The molecule has 0 aliphatic carbocycles. The van der Waals surface area contributed by atoms with E-state index in [2.05, 4.69) is 21.2 Å². The van der Waals surface area contributed by atoms with E-state index in [9.17, 15) is 8.42 Å². The Morgan fingerprint density at radius 1 is 1.47 bits per heavy atom. The summed E-state index contributed by atoms with van der Waals surface area (Å²) < 4.78 is 27.0. The van der Waals surface area contributed by atoms with Crippen LogP contribution in [-0.2, 0) is 10.0 Å². The van der Waals surface area contributed by atoms with Crippen LogP contribution in [0.3, 0.4) is 0 Å². The zero-order chi connectivity index (χ0) is 13.3. The molecule has 1 saturated heterocycles. The van der Waals surface area contributed by atoms with E-state index in [0.29, 0.717) is 17.6 Å². The van der Waals surface area contributed by atoms with Crippen molar-refractivity contribution in [2.75, 3.05) is 20.1 Å². The van der Waals surface area contributed by atoms with E-state index in [-0.39, 0.29) is 28.4 Å². The topological polar surface area (TPSA) is 49.4 Å². The molecule has 0 saturated carbocycles. The molecular formula is C11H15BrCl2N2O2S. The summed E-state index contributed by atoms with van der Waals surface area (Å²) in [6.07, 6.45) is 0.821. The summed E-state index contributed by atoms with van der Waals surface area (Å²) in [6.45, 7) is 1.01. The number of benzene rings is 1.